The topological polar surface area (TPSA) is 12.0 Å². The number of nitrogens with one attached hydrogen (secondary N) is 1. The molecule has 0 aromatic heterocycles. The minimum atomic E-state index is 1.03. The highest BCUT2D eigenvalue weighted by atomic mass is 14.8. The van der Waals surface area contributed by atoms with Crippen LogP contribution in [-0.4, -0.2) is 13.1 Å². The van der Waals surface area contributed by atoms with Crippen LogP contribution < -0.4 is 5.32 Å². The quantitative estimate of drug-likeness (QED) is 0.645. The lowest BCUT2D eigenvalue weighted by atomic mass is 9.94. The molecule has 0 amide bonds. The van der Waals surface area contributed by atoms with Crippen LogP contribution in [0.1, 0.15) is 58.3 Å². The second-order valence-electron chi connectivity index (χ2n) is 4.40. The Hall–Kier alpha value is -0.0400. The minimum Gasteiger partial charge on any atom is -0.317 e. The van der Waals surface area contributed by atoms with E-state index in [1.54, 1.807) is 0 Å². The molecule has 1 atom stereocenters. The maximum atomic E-state index is 3.48. The Labute approximate surface area is 83.3 Å². The first-order valence-corrected chi connectivity index (χ1v) is 6.14. The molecular weight excluding hydrogens is 158 g/mol. The van der Waals surface area contributed by atoms with Crippen LogP contribution in [0.5, 0.6) is 0 Å². The van der Waals surface area contributed by atoms with Gasteiger partial charge in [0.05, 0.1) is 0 Å². The Balaban J connectivity index is 1.98. The normalized spacial score (nSPS) is 24.2. The SMILES string of the molecule is CCCCCC[C@H]1CCCNCC1. The molecule has 1 fully saturated rings. The first-order valence-electron chi connectivity index (χ1n) is 6.14. The number of hydrogen-bond donors (Lipinski definition) is 1. The van der Waals surface area contributed by atoms with E-state index in [2.05, 4.69) is 12.2 Å². The summed E-state index contributed by atoms with van der Waals surface area (Å²) in [5.41, 5.74) is 0. The van der Waals surface area contributed by atoms with Crippen molar-refractivity contribution in [3.05, 3.63) is 0 Å². The average molecular weight is 183 g/mol. The highest BCUT2D eigenvalue weighted by Gasteiger charge is 2.10. The van der Waals surface area contributed by atoms with Crippen LogP contribution in [0.15, 0.2) is 0 Å². The maximum absolute atomic E-state index is 3.48. The maximum Gasteiger partial charge on any atom is -0.00463 e. The van der Waals surface area contributed by atoms with Gasteiger partial charge in [0.25, 0.3) is 0 Å². The van der Waals surface area contributed by atoms with Crippen LogP contribution in [0.2, 0.25) is 0 Å². The molecule has 0 aromatic carbocycles. The molecule has 0 unspecified atom stereocenters. The van der Waals surface area contributed by atoms with Crippen molar-refractivity contribution in [2.45, 2.75) is 58.3 Å². The van der Waals surface area contributed by atoms with Gasteiger partial charge in [-0.2, -0.15) is 0 Å². The summed E-state index contributed by atoms with van der Waals surface area (Å²) in [5, 5.41) is 3.48. The second-order valence-corrected chi connectivity index (χ2v) is 4.40. The second kappa shape index (κ2) is 7.37. The Kier molecular flexibility index (Phi) is 6.26. The third-order valence-electron chi connectivity index (χ3n) is 3.16. The van der Waals surface area contributed by atoms with Gasteiger partial charge in [0.1, 0.15) is 0 Å². The molecule has 0 aliphatic carbocycles. The van der Waals surface area contributed by atoms with Crippen molar-refractivity contribution in [3.63, 3.8) is 0 Å². The molecule has 0 bridgehead atoms. The van der Waals surface area contributed by atoms with Gasteiger partial charge in [-0.1, -0.05) is 39.0 Å². The molecule has 1 heterocycles. The zero-order valence-corrected chi connectivity index (χ0v) is 9.15. The molecule has 1 rings (SSSR count). The van der Waals surface area contributed by atoms with E-state index in [1.807, 2.05) is 0 Å². The molecule has 0 saturated carbocycles. The average Bonchev–Trinajstić information content (AvgIpc) is 2.41. The Bertz CT molecular complexity index is 104. The number of rotatable bonds is 5. The van der Waals surface area contributed by atoms with E-state index >= 15 is 0 Å². The van der Waals surface area contributed by atoms with Gasteiger partial charge in [0.2, 0.25) is 0 Å². The molecule has 13 heavy (non-hydrogen) atoms. The van der Waals surface area contributed by atoms with Gasteiger partial charge >= 0.3 is 0 Å². The fourth-order valence-electron chi connectivity index (χ4n) is 2.24. The molecule has 1 nitrogen and oxygen atoms in total. The lowest BCUT2D eigenvalue weighted by molar-refractivity contribution is 0.415. The smallest absolute Gasteiger partial charge is 0.00463 e. The third kappa shape index (κ3) is 5.30. The molecule has 0 radical (unpaired) electrons. The number of unbranched alkanes of at least 4 members (excludes halogenated alkanes) is 3. The molecule has 78 valence electrons. The lowest BCUT2D eigenvalue weighted by Crippen LogP contribution is -2.14. The van der Waals surface area contributed by atoms with Gasteiger partial charge in [0.15, 0.2) is 0 Å². The summed E-state index contributed by atoms with van der Waals surface area (Å²) in [5.74, 6) is 1.03. The summed E-state index contributed by atoms with van der Waals surface area (Å²) in [6.45, 7) is 4.81. The van der Waals surface area contributed by atoms with E-state index in [9.17, 15) is 0 Å². The summed E-state index contributed by atoms with van der Waals surface area (Å²) in [7, 11) is 0. The van der Waals surface area contributed by atoms with E-state index in [0.717, 1.165) is 5.92 Å². The first-order chi connectivity index (χ1) is 6.43. The van der Waals surface area contributed by atoms with Gasteiger partial charge in [-0.3, -0.25) is 0 Å². The van der Waals surface area contributed by atoms with Crippen LogP contribution in [-0.2, 0) is 0 Å². The molecule has 1 N–H and O–H groups in total. The molecule has 1 heteroatoms. The Morgan fingerprint density at radius 3 is 2.85 bits per heavy atom. The molecule has 1 aliphatic rings. The van der Waals surface area contributed by atoms with E-state index in [4.69, 9.17) is 0 Å². The molecular formula is C12H25N. The van der Waals surface area contributed by atoms with Crippen molar-refractivity contribution in [2.75, 3.05) is 13.1 Å². The van der Waals surface area contributed by atoms with Crippen molar-refractivity contribution < 1.29 is 0 Å². The summed E-state index contributed by atoms with van der Waals surface area (Å²) in [6.07, 6.45) is 11.5. The van der Waals surface area contributed by atoms with Crippen LogP contribution in [0.3, 0.4) is 0 Å². The van der Waals surface area contributed by atoms with E-state index in [0.29, 0.717) is 0 Å². The van der Waals surface area contributed by atoms with Crippen molar-refractivity contribution in [1.82, 2.24) is 5.32 Å². The van der Waals surface area contributed by atoms with Crippen LogP contribution in [0.4, 0.5) is 0 Å². The highest BCUT2D eigenvalue weighted by Crippen LogP contribution is 2.20. The van der Waals surface area contributed by atoms with Gasteiger partial charge in [0, 0.05) is 0 Å². The summed E-state index contributed by atoms with van der Waals surface area (Å²) >= 11 is 0. The van der Waals surface area contributed by atoms with Crippen molar-refractivity contribution in [3.8, 4) is 0 Å². The largest absolute Gasteiger partial charge is 0.317 e. The molecule has 1 aliphatic heterocycles. The predicted octanol–water partition coefficient (Wildman–Crippen LogP) is 3.35. The van der Waals surface area contributed by atoms with Gasteiger partial charge in [-0.25, -0.2) is 0 Å². The standard InChI is InChI=1S/C12H25N/c1-2-3-4-5-7-12-8-6-10-13-11-9-12/h12-13H,2-11H2,1H3/t12-/m0/s1. The van der Waals surface area contributed by atoms with Crippen molar-refractivity contribution >= 4 is 0 Å². The predicted molar refractivity (Wildman–Crippen MR) is 59.0 cm³/mol. The van der Waals surface area contributed by atoms with E-state index in [1.165, 1.54) is 64.5 Å². The summed E-state index contributed by atoms with van der Waals surface area (Å²) < 4.78 is 0. The molecule has 1 saturated heterocycles. The van der Waals surface area contributed by atoms with Crippen molar-refractivity contribution in [2.24, 2.45) is 5.92 Å². The van der Waals surface area contributed by atoms with Gasteiger partial charge < -0.3 is 5.32 Å². The Morgan fingerprint density at radius 2 is 2.00 bits per heavy atom. The van der Waals surface area contributed by atoms with Gasteiger partial charge in [-0.15, -0.1) is 0 Å². The fourth-order valence-corrected chi connectivity index (χ4v) is 2.24. The zero-order chi connectivity index (χ0) is 9.36. The number of hydrogen-bond acceptors (Lipinski definition) is 1. The van der Waals surface area contributed by atoms with Crippen molar-refractivity contribution in [1.29, 1.82) is 0 Å². The van der Waals surface area contributed by atoms with Crippen LogP contribution in [0.25, 0.3) is 0 Å². The summed E-state index contributed by atoms with van der Waals surface area (Å²) in [6, 6.07) is 0. The zero-order valence-electron chi connectivity index (χ0n) is 9.15. The third-order valence-corrected chi connectivity index (χ3v) is 3.16. The highest BCUT2D eigenvalue weighted by molar-refractivity contribution is 4.66. The minimum absolute atomic E-state index is 1.03. The first kappa shape index (κ1) is 11.0. The Morgan fingerprint density at radius 1 is 1.08 bits per heavy atom. The van der Waals surface area contributed by atoms with E-state index < -0.39 is 0 Å². The fraction of sp³-hybridized carbons (Fsp3) is 1.00. The van der Waals surface area contributed by atoms with Crippen LogP contribution in [0, 0.1) is 5.92 Å². The molecule has 0 aromatic rings. The summed E-state index contributed by atoms with van der Waals surface area (Å²) in [4.78, 5) is 0. The van der Waals surface area contributed by atoms with E-state index in [-0.39, 0.29) is 0 Å². The molecule has 0 spiro atoms. The van der Waals surface area contributed by atoms with Crippen LogP contribution >= 0.6 is 0 Å². The lowest BCUT2D eigenvalue weighted by Gasteiger charge is -2.12. The van der Waals surface area contributed by atoms with Gasteiger partial charge in [-0.05, 0) is 38.3 Å². The monoisotopic (exact) mass is 183 g/mol.